The van der Waals surface area contributed by atoms with Gasteiger partial charge in [-0.25, -0.2) is 9.78 Å². The first-order chi connectivity index (χ1) is 16.9. The molecular weight excluding hydrogens is 446 g/mol. The summed E-state index contributed by atoms with van der Waals surface area (Å²) in [6.45, 7) is 2.57. The van der Waals surface area contributed by atoms with Crippen LogP contribution in [0.1, 0.15) is 23.6 Å². The molecule has 0 atom stereocenters. The predicted octanol–water partition coefficient (Wildman–Crippen LogP) is 3.96. The van der Waals surface area contributed by atoms with E-state index in [4.69, 9.17) is 14.2 Å². The van der Waals surface area contributed by atoms with Crippen LogP contribution in [0.3, 0.4) is 0 Å². The lowest BCUT2D eigenvalue weighted by molar-refractivity contribution is -0.137. The first-order valence-electron chi connectivity index (χ1n) is 11.0. The van der Waals surface area contributed by atoms with Gasteiger partial charge in [0.1, 0.15) is 23.0 Å². The molecule has 1 aromatic heterocycles. The highest BCUT2D eigenvalue weighted by Gasteiger charge is 2.13. The van der Waals surface area contributed by atoms with Crippen LogP contribution in [-0.2, 0) is 27.4 Å². The van der Waals surface area contributed by atoms with Crippen LogP contribution in [0.5, 0.6) is 11.5 Å². The van der Waals surface area contributed by atoms with E-state index < -0.39 is 5.97 Å². The van der Waals surface area contributed by atoms with Crippen molar-refractivity contribution >= 4 is 23.8 Å². The number of hydrogen-bond donors (Lipinski definition) is 1. The Balaban J connectivity index is 1.88. The number of benzene rings is 2. The Labute approximate surface area is 205 Å². The molecule has 1 N–H and O–H groups in total. The molecule has 3 aromatic rings. The van der Waals surface area contributed by atoms with Crippen molar-refractivity contribution in [3.63, 3.8) is 0 Å². The van der Waals surface area contributed by atoms with E-state index in [-0.39, 0.29) is 11.6 Å². The summed E-state index contributed by atoms with van der Waals surface area (Å²) in [5, 5.41) is 2.49. The standard InChI is InChI=1S/C27H29N3O5/c1-19(31)29-25(27(32)35-4)15-22-9-14-26(28-16-22)30(17-20-5-10-23(33-2)11-6-20)18-21-7-12-24(34-3)13-8-21/h5-16H,17-18H2,1-4H3,(H,29,31). The third-order valence-corrected chi connectivity index (χ3v) is 5.19. The molecule has 3 rings (SSSR count). The molecule has 0 spiro atoms. The van der Waals surface area contributed by atoms with Gasteiger partial charge in [0.05, 0.1) is 21.3 Å². The van der Waals surface area contributed by atoms with E-state index in [2.05, 4.69) is 15.2 Å². The fraction of sp³-hybridized carbons (Fsp3) is 0.222. The third-order valence-electron chi connectivity index (χ3n) is 5.19. The summed E-state index contributed by atoms with van der Waals surface area (Å²) in [6, 6.07) is 19.5. The molecule has 2 aromatic carbocycles. The van der Waals surface area contributed by atoms with Crippen LogP contribution in [0.2, 0.25) is 0 Å². The van der Waals surface area contributed by atoms with E-state index >= 15 is 0 Å². The molecule has 0 unspecified atom stereocenters. The molecule has 1 amide bonds. The lowest BCUT2D eigenvalue weighted by Crippen LogP contribution is -2.25. The zero-order valence-corrected chi connectivity index (χ0v) is 20.3. The third kappa shape index (κ3) is 7.33. The summed E-state index contributed by atoms with van der Waals surface area (Å²) >= 11 is 0. The van der Waals surface area contributed by atoms with Gasteiger partial charge in [0.15, 0.2) is 0 Å². The number of esters is 1. The second-order valence-corrected chi connectivity index (χ2v) is 7.73. The Morgan fingerprint density at radius 3 is 1.80 bits per heavy atom. The number of carbonyl (C=O) groups excluding carboxylic acids is 2. The molecule has 0 radical (unpaired) electrons. The Morgan fingerprint density at radius 1 is 0.857 bits per heavy atom. The maximum absolute atomic E-state index is 12.0. The van der Waals surface area contributed by atoms with Crippen LogP contribution < -0.4 is 19.7 Å². The molecule has 35 heavy (non-hydrogen) atoms. The lowest BCUT2D eigenvalue weighted by Gasteiger charge is -2.24. The Hall–Kier alpha value is -4.33. The van der Waals surface area contributed by atoms with Gasteiger partial charge >= 0.3 is 5.97 Å². The number of nitrogens with zero attached hydrogens (tertiary/aromatic N) is 2. The zero-order valence-electron chi connectivity index (χ0n) is 20.3. The quantitative estimate of drug-likeness (QED) is 0.351. The number of amides is 1. The largest absolute Gasteiger partial charge is 0.497 e. The number of pyridine rings is 1. The summed E-state index contributed by atoms with van der Waals surface area (Å²) in [4.78, 5) is 30.2. The minimum absolute atomic E-state index is 0.0443. The van der Waals surface area contributed by atoms with Crippen molar-refractivity contribution in [3.8, 4) is 11.5 Å². The average molecular weight is 476 g/mol. The van der Waals surface area contributed by atoms with E-state index in [1.807, 2.05) is 60.7 Å². The molecule has 0 saturated carbocycles. The van der Waals surface area contributed by atoms with Crippen molar-refractivity contribution in [3.05, 3.63) is 89.2 Å². The van der Waals surface area contributed by atoms with E-state index in [1.165, 1.54) is 20.1 Å². The normalized spacial score (nSPS) is 10.9. The number of anilines is 1. The first-order valence-corrected chi connectivity index (χ1v) is 11.0. The van der Waals surface area contributed by atoms with E-state index in [0.717, 1.165) is 28.4 Å². The van der Waals surface area contributed by atoms with E-state index in [0.29, 0.717) is 18.7 Å². The number of nitrogens with one attached hydrogen (secondary N) is 1. The van der Waals surface area contributed by atoms with Crippen LogP contribution in [0.4, 0.5) is 5.82 Å². The molecular formula is C27H29N3O5. The molecule has 8 nitrogen and oxygen atoms in total. The Kier molecular flexibility index (Phi) is 8.83. The van der Waals surface area contributed by atoms with Gasteiger partial charge in [-0.05, 0) is 59.2 Å². The predicted molar refractivity (Wildman–Crippen MR) is 134 cm³/mol. The van der Waals surface area contributed by atoms with E-state index in [1.54, 1.807) is 20.4 Å². The molecule has 0 saturated heterocycles. The van der Waals surface area contributed by atoms with Crippen molar-refractivity contribution < 1.29 is 23.8 Å². The summed E-state index contributed by atoms with van der Waals surface area (Å²) in [6.07, 6.45) is 3.18. The van der Waals surface area contributed by atoms with Crippen LogP contribution >= 0.6 is 0 Å². The van der Waals surface area contributed by atoms with Gasteiger partial charge < -0.3 is 24.4 Å². The van der Waals surface area contributed by atoms with Crippen molar-refractivity contribution in [1.29, 1.82) is 0 Å². The second-order valence-electron chi connectivity index (χ2n) is 7.73. The number of ether oxygens (including phenoxy) is 3. The smallest absolute Gasteiger partial charge is 0.354 e. The molecule has 0 aliphatic carbocycles. The molecule has 0 fully saturated rings. The zero-order chi connectivity index (χ0) is 25.2. The van der Waals surface area contributed by atoms with Gasteiger partial charge in [-0.1, -0.05) is 24.3 Å². The van der Waals surface area contributed by atoms with Gasteiger partial charge in [0, 0.05) is 26.2 Å². The summed E-state index contributed by atoms with van der Waals surface area (Å²) < 4.78 is 15.3. The monoisotopic (exact) mass is 475 g/mol. The average Bonchev–Trinajstić information content (AvgIpc) is 2.88. The number of methoxy groups -OCH3 is 3. The highest BCUT2D eigenvalue weighted by atomic mass is 16.5. The van der Waals surface area contributed by atoms with Gasteiger partial charge in [-0.3, -0.25) is 4.79 Å². The van der Waals surface area contributed by atoms with Gasteiger partial charge in [0.2, 0.25) is 5.91 Å². The van der Waals surface area contributed by atoms with Gasteiger partial charge in [-0.2, -0.15) is 0 Å². The minimum Gasteiger partial charge on any atom is -0.497 e. The highest BCUT2D eigenvalue weighted by molar-refractivity contribution is 5.97. The maximum atomic E-state index is 12.0. The molecule has 1 heterocycles. The lowest BCUT2D eigenvalue weighted by atomic mass is 10.1. The maximum Gasteiger partial charge on any atom is 0.354 e. The fourth-order valence-electron chi connectivity index (χ4n) is 3.40. The summed E-state index contributed by atoms with van der Waals surface area (Å²) in [5.41, 5.74) is 2.90. The van der Waals surface area contributed by atoms with Crippen molar-refractivity contribution in [2.75, 3.05) is 26.2 Å². The topological polar surface area (TPSA) is 90.0 Å². The Bertz CT molecular complexity index is 1110. The van der Waals surface area contributed by atoms with Crippen LogP contribution in [0.25, 0.3) is 6.08 Å². The molecule has 0 aliphatic heterocycles. The number of hydrogen-bond acceptors (Lipinski definition) is 7. The SMILES string of the molecule is COC(=O)C(=Cc1ccc(N(Cc2ccc(OC)cc2)Cc2ccc(OC)cc2)nc1)NC(C)=O. The molecule has 8 heteroatoms. The molecule has 182 valence electrons. The minimum atomic E-state index is -0.634. The second kappa shape index (κ2) is 12.2. The summed E-state index contributed by atoms with van der Waals surface area (Å²) in [7, 11) is 4.54. The van der Waals surface area contributed by atoms with Crippen molar-refractivity contribution in [2.24, 2.45) is 0 Å². The van der Waals surface area contributed by atoms with Gasteiger partial charge in [0.25, 0.3) is 0 Å². The van der Waals surface area contributed by atoms with Crippen molar-refractivity contribution in [1.82, 2.24) is 10.3 Å². The number of rotatable bonds is 10. The van der Waals surface area contributed by atoms with Crippen LogP contribution in [0.15, 0.2) is 72.6 Å². The summed E-state index contributed by atoms with van der Waals surface area (Å²) in [5.74, 6) is 1.35. The van der Waals surface area contributed by atoms with E-state index in [9.17, 15) is 9.59 Å². The highest BCUT2D eigenvalue weighted by Crippen LogP contribution is 2.22. The van der Waals surface area contributed by atoms with Crippen LogP contribution in [0, 0.1) is 0 Å². The first kappa shape index (κ1) is 25.3. The molecule has 0 aliphatic rings. The molecule has 0 bridgehead atoms. The van der Waals surface area contributed by atoms with Crippen LogP contribution in [-0.4, -0.2) is 38.2 Å². The Morgan fingerprint density at radius 2 is 1.40 bits per heavy atom. The number of carbonyl (C=O) groups is 2. The number of aromatic nitrogens is 1. The van der Waals surface area contributed by atoms with Crippen molar-refractivity contribution in [2.45, 2.75) is 20.0 Å². The fourth-order valence-corrected chi connectivity index (χ4v) is 3.40. The van der Waals surface area contributed by atoms with Gasteiger partial charge in [-0.15, -0.1) is 0 Å².